The maximum absolute atomic E-state index is 13.0. The Morgan fingerprint density at radius 1 is 1.26 bits per heavy atom. The Kier molecular flexibility index (Phi) is 3.74. The fourth-order valence-electron chi connectivity index (χ4n) is 2.58. The van der Waals surface area contributed by atoms with Crippen LogP contribution in [0.25, 0.3) is 5.57 Å². The molecule has 0 unspecified atom stereocenters. The van der Waals surface area contributed by atoms with E-state index in [2.05, 4.69) is 13.8 Å². The first-order valence-electron chi connectivity index (χ1n) is 6.49. The third kappa shape index (κ3) is 3.03. The van der Waals surface area contributed by atoms with E-state index >= 15 is 0 Å². The second kappa shape index (κ2) is 5.16. The smallest absolute Gasteiger partial charge is 0.334 e. The van der Waals surface area contributed by atoms with Gasteiger partial charge in [-0.05, 0) is 47.9 Å². The summed E-state index contributed by atoms with van der Waals surface area (Å²) >= 11 is 0. The van der Waals surface area contributed by atoms with Gasteiger partial charge in [0.2, 0.25) is 0 Å². The minimum absolute atomic E-state index is 0.104. The molecule has 0 saturated carbocycles. The van der Waals surface area contributed by atoms with Crippen LogP contribution in [0.4, 0.5) is 4.39 Å². The van der Waals surface area contributed by atoms with Crippen LogP contribution >= 0.6 is 0 Å². The molecule has 3 heteroatoms. The third-order valence-electron chi connectivity index (χ3n) is 3.70. The molecule has 0 bridgehead atoms. The van der Waals surface area contributed by atoms with Gasteiger partial charge in [-0.15, -0.1) is 0 Å². The second-order valence-electron chi connectivity index (χ2n) is 5.80. The summed E-state index contributed by atoms with van der Waals surface area (Å²) in [5.41, 5.74) is 2.74. The number of allylic oxidation sites excluding steroid dienone is 1. The van der Waals surface area contributed by atoms with Crippen molar-refractivity contribution in [3.8, 4) is 0 Å². The van der Waals surface area contributed by atoms with E-state index in [-0.39, 0.29) is 17.2 Å². The quantitative estimate of drug-likeness (QED) is 0.754. The molecular formula is C16H19FO2. The molecule has 0 amide bonds. The average molecular weight is 262 g/mol. The van der Waals surface area contributed by atoms with Crippen LogP contribution in [0.3, 0.4) is 0 Å². The van der Waals surface area contributed by atoms with Gasteiger partial charge in [-0.2, -0.15) is 0 Å². The van der Waals surface area contributed by atoms with Crippen LogP contribution in [-0.4, -0.2) is 13.1 Å². The monoisotopic (exact) mass is 262 g/mol. The molecule has 0 N–H and O–H groups in total. The lowest BCUT2D eigenvalue weighted by Gasteiger charge is -2.32. The molecule has 0 spiro atoms. The van der Waals surface area contributed by atoms with Gasteiger partial charge in [-0.3, -0.25) is 0 Å². The summed E-state index contributed by atoms with van der Waals surface area (Å²) in [6, 6.07) is 6.31. The van der Waals surface area contributed by atoms with Crippen molar-refractivity contribution in [1.29, 1.82) is 0 Å². The summed E-state index contributed by atoms with van der Waals surface area (Å²) in [5.74, 6) is -0.535. The topological polar surface area (TPSA) is 26.3 Å². The number of methoxy groups -OCH3 is 1. The predicted molar refractivity (Wildman–Crippen MR) is 73.0 cm³/mol. The molecule has 0 atom stereocenters. The maximum atomic E-state index is 13.0. The van der Waals surface area contributed by atoms with Crippen LogP contribution in [0.5, 0.6) is 0 Å². The first-order valence-corrected chi connectivity index (χ1v) is 6.49. The standard InChI is InChI=1S/C16H19FO2/c1-16(2)9-8-13(14(10-16)15(18)19-3)11-4-6-12(17)7-5-11/h4-7H,8-10H2,1-3H3. The second-order valence-corrected chi connectivity index (χ2v) is 5.80. The highest BCUT2D eigenvalue weighted by molar-refractivity contribution is 5.98. The molecule has 0 fully saturated rings. The van der Waals surface area contributed by atoms with E-state index in [9.17, 15) is 9.18 Å². The van der Waals surface area contributed by atoms with Gasteiger partial charge >= 0.3 is 5.97 Å². The molecule has 0 heterocycles. The number of rotatable bonds is 2. The van der Waals surface area contributed by atoms with Crippen molar-refractivity contribution >= 4 is 11.5 Å². The number of ether oxygens (including phenoxy) is 1. The van der Waals surface area contributed by atoms with Gasteiger partial charge in [-0.1, -0.05) is 26.0 Å². The van der Waals surface area contributed by atoms with Crippen molar-refractivity contribution < 1.29 is 13.9 Å². The summed E-state index contributed by atoms with van der Waals surface area (Å²) in [7, 11) is 1.40. The number of hydrogen-bond donors (Lipinski definition) is 0. The minimum Gasteiger partial charge on any atom is -0.466 e. The van der Waals surface area contributed by atoms with Crippen LogP contribution in [0.15, 0.2) is 29.8 Å². The molecule has 102 valence electrons. The number of esters is 1. The number of benzene rings is 1. The maximum Gasteiger partial charge on any atom is 0.334 e. The summed E-state index contributed by atoms with van der Waals surface area (Å²) in [6.45, 7) is 4.30. The van der Waals surface area contributed by atoms with Crippen LogP contribution in [0, 0.1) is 11.2 Å². The third-order valence-corrected chi connectivity index (χ3v) is 3.70. The van der Waals surface area contributed by atoms with E-state index in [1.807, 2.05) is 0 Å². The number of halogens is 1. The molecule has 0 saturated heterocycles. The Morgan fingerprint density at radius 2 is 1.89 bits per heavy atom. The zero-order chi connectivity index (χ0) is 14.0. The normalized spacial score (nSPS) is 18.3. The number of hydrogen-bond acceptors (Lipinski definition) is 2. The zero-order valence-electron chi connectivity index (χ0n) is 11.6. The van der Waals surface area contributed by atoms with E-state index < -0.39 is 0 Å². The van der Waals surface area contributed by atoms with E-state index in [0.717, 1.165) is 29.6 Å². The highest BCUT2D eigenvalue weighted by Crippen LogP contribution is 2.42. The Morgan fingerprint density at radius 3 is 2.47 bits per heavy atom. The van der Waals surface area contributed by atoms with Crippen molar-refractivity contribution in [2.75, 3.05) is 7.11 Å². The lowest BCUT2D eigenvalue weighted by molar-refractivity contribution is -0.136. The molecule has 1 aliphatic rings. The summed E-state index contributed by atoms with van der Waals surface area (Å²) in [4.78, 5) is 12.0. The van der Waals surface area contributed by atoms with E-state index in [0.29, 0.717) is 6.42 Å². The first-order chi connectivity index (χ1) is 8.93. The SMILES string of the molecule is COC(=O)C1=C(c2ccc(F)cc2)CCC(C)(C)C1. The fraction of sp³-hybridized carbons (Fsp3) is 0.438. The van der Waals surface area contributed by atoms with Gasteiger partial charge < -0.3 is 4.74 Å². The molecule has 1 aliphatic carbocycles. The molecule has 2 nitrogen and oxygen atoms in total. The van der Waals surface area contributed by atoms with Crippen molar-refractivity contribution in [3.05, 3.63) is 41.2 Å². The van der Waals surface area contributed by atoms with Crippen molar-refractivity contribution in [2.24, 2.45) is 5.41 Å². The molecule has 0 aromatic heterocycles. The summed E-state index contributed by atoms with van der Waals surface area (Å²) in [6.07, 6.45) is 2.54. The van der Waals surface area contributed by atoms with E-state index in [4.69, 9.17) is 4.74 Å². The average Bonchev–Trinajstić information content (AvgIpc) is 2.38. The molecule has 1 aromatic carbocycles. The van der Waals surface area contributed by atoms with Gasteiger partial charge in [0, 0.05) is 5.57 Å². The van der Waals surface area contributed by atoms with Crippen LogP contribution < -0.4 is 0 Å². The summed E-state index contributed by atoms with van der Waals surface area (Å²) < 4.78 is 17.9. The lowest BCUT2D eigenvalue weighted by atomic mass is 9.73. The molecule has 0 radical (unpaired) electrons. The molecule has 0 aliphatic heterocycles. The zero-order valence-corrected chi connectivity index (χ0v) is 11.6. The number of carbonyl (C=O) groups is 1. The highest BCUT2D eigenvalue weighted by Gasteiger charge is 2.31. The van der Waals surface area contributed by atoms with Crippen molar-refractivity contribution in [2.45, 2.75) is 33.1 Å². The molecular weight excluding hydrogens is 243 g/mol. The van der Waals surface area contributed by atoms with Crippen molar-refractivity contribution in [3.63, 3.8) is 0 Å². The van der Waals surface area contributed by atoms with Gasteiger partial charge in [-0.25, -0.2) is 9.18 Å². The van der Waals surface area contributed by atoms with Gasteiger partial charge in [0.25, 0.3) is 0 Å². The van der Waals surface area contributed by atoms with Crippen LogP contribution in [-0.2, 0) is 9.53 Å². The van der Waals surface area contributed by atoms with Gasteiger partial charge in [0.05, 0.1) is 7.11 Å². The summed E-state index contributed by atoms with van der Waals surface area (Å²) in [5, 5.41) is 0. The van der Waals surface area contributed by atoms with Crippen LogP contribution in [0.1, 0.15) is 38.7 Å². The highest BCUT2D eigenvalue weighted by atomic mass is 19.1. The largest absolute Gasteiger partial charge is 0.466 e. The molecule has 1 aromatic rings. The predicted octanol–water partition coefficient (Wildman–Crippen LogP) is 3.96. The Balaban J connectivity index is 2.45. The Hall–Kier alpha value is -1.64. The van der Waals surface area contributed by atoms with E-state index in [1.165, 1.54) is 19.2 Å². The van der Waals surface area contributed by atoms with Gasteiger partial charge in [0.15, 0.2) is 0 Å². The lowest BCUT2D eigenvalue weighted by Crippen LogP contribution is -2.22. The first kappa shape index (κ1) is 13.8. The van der Waals surface area contributed by atoms with Crippen LogP contribution in [0.2, 0.25) is 0 Å². The van der Waals surface area contributed by atoms with Crippen molar-refractivity contribution in [1.82, 2.24) is 0 Å². The van der Waals surface area contributed by atoms with Gasteiger partial charge in [0.1, 0.15) is 5.82 Å². The number of carbonyl (C=O) groups excluding carboxylic acids is 1. The molecule has 19 heavy (non-hydrogen) atoms. The van der Waals surface area contributed by atoms with E-state index in [1.54, 1.807) is 12.1 Å². The minimum atomic E-state index is -0.271. The Labute approximate surface area is 113 Å². The molecule has 2 rings (SSSR count). The Bertz CT molecular complexity index is 512. The fourth-order valence-corrected chi connectivity index (χ4v) is 2.58.